The third-order valence-electron chi connectivity index (χ3n) is 1.94. The van der Waals surface area contributed by atoms with Gasteiger partial charge in [0.05, 0.1) is 6.10 Å². The fourth-order valence-electron chi connectivity index (χ4n) is 1.06. The number of aliphatic hydroxyl groups excluding tert-OH is 1. The molecule has 13 heavy (non-hydrogen) atoms. The molecule has 0 bridgehead atoms. The van der Waals surface area contributed by atoms with Crippen LogP contribution >= 0.6 is 11.6 Å². The van der Waals surface area contributed by atoms with Gasteiger partial charge in [-0.2, -0.15) is 0 Å². The summed E-state index contributed by atoms with van der Waals surface area (Å²) in [5.74, 6) is -0.767. The predicted octanol–water partition coefficient (Wildman–Crippen LogP) is 2.78. The molecule has 3 heteroatoms. The van der Waals surface area contributed by atoms with E-state index in [2.05, 4.69) is 6.92 Å². The van der Waals surface area contributed by atoms with Gasteiger partial charge in [-0.05, 0) is 37.6 Å². The number of hydrogen-bond acceptors (Lipinski definition) is 1. The first-order chi connectivity index (χ1) is 6.02. The van der Waals surface area contributed by atoms with E-state index in [1.54, 1.807) is 6.92 Å². The lowest BCUT2D eigenvalue weighted by molar-refractivity contribution is 0.178. The Morgan fingerprint density at radius 2 is 2.15 bits per heavy atom. The van der Waals surface area contributed by atoms with Gasteiger partial charge in [-0.3, -0.25) is 0 Å². The molecule has 0 aliphatic heterocycles. The van der Waals surface area contributed by atoms with Gasteiger partial charge in [-0.1, -0.05) is 11.6 Å². The third-order valence-corrected chi connectivity index (χ3v) is 2.28. The van der Waals surface area contributed by atoms with Gasteiger partial charge in [0.15, 0.2) is 0 Å². The average molecular weight is 202 g/mol. The molecule has 1 nitrogen and oxygen atoms in total. The molecule has 1 aromatic carbocycles. The van der Waals surface area contributed by atoms with Crippen molar-refractivity contribution >= 4 is 11.6 Å². The molecule has 71 valence electrons. The zero-order valence-corrected chi connectivity index (χ0v) is 8.05. The van der Waals surface area contributed by atoms with Gasteiger partial charge in [0.25, 0.3) is 0 Å². The van der Waals surface area contributed by atoms with Crippen molar-refractivity contribution in [3.8, 4) is 0 Å². The Labute approximate surface area is 82.2 Å². The largest absolute Gasteiger partial charge is 0.393 e. The standard InChI is InChI=1S/C10H11ClFO/c1-6(7(2)13)9-5-8(12)3-4-10(9)11/h3-7,13H,1H2,2H3. The van der Waals surface area contributed by atoms with E-state index in [1.165, 1.54) is 18.2 Å². The highest BCUT2D eigenvalue weighted by molar-refractivity contribution is 6.31. The normalized spacial score (nSPS) is 15.5. The van der Waals surface area contributed by atoms with Crippen LogP contribution in [0.4, 0.5) is 4.39 Å². The van der Waals surface area contributed by atoms with Gasteiger partial charge in [0.1, 0.15) is 5.82 Å². The molecule has 0 aliphatic rings. The van der Waals surface area contributed by atoms with E-state index in [0.717, 1.165) is 0 Å². The van der Waals surface area contributed by atoms with Crippen LogP contribution in [0.2, 0.25) is 5.02 Å². The second-order valence-corrected chi connectivity index (χ2v) is 3.42. The highest BCUT2D eigenvalue weighted by Crippen LogP contribution is 2.27. The molecule has 0 spiro atoms. The zero-order valence-electron chi connectivity index (χ0n) is 7.30. The van der Waals surface area contributed by atoms with Gasteiger partial charge in [-0.15, -0.1) is 0 Å². The molecule has 0 saturated carbocycles. The highest BCUT2D eigenvalue weighted by atomic mass is 35.5. The minimum absolute atomic E-state index is 0.367. The molecular weight excluding hydrogens is 191 g/mol. The molecule has 1 aromatic rings. The Kier molecular flexibility index (Phi) is 3.28. The molecule has 2 unspecified atom stereocenters. The van der Waals surface area contributed by atoms with E-state index in [9.17, 15) is 9.50 Å². The van der Waals surface area contributed by atoms with Crippen LogP contribution in [0.3, 0.4) is 0 Å². The summed E-state index contributed by atoms with van der Waals surface area (Å²) in [4.78, 5) is 0. The van der Waals surface area contributed by atoms with E-state index in [1.807, 2.05) is 0 Å². The van der Waals surface area contributed by atoms with Crippen molar-refractivity contribution in [1.29, 1.82) is 0 Å². The maximum absolute atomic E-state index is 12.8. The number of halogens is 2. The van der Waals surface area contributed by atoms with Gasteiger partial charge >= 0.3 is 0 Å². The fourth-order valence-corrected chi connectivity index (χ4v) is 1.32. The summed E-state index contributed by atoms with van der Waals surface area (Å²) < 4.78 is 12.8. The molecule has 0 saturated heterocycles. The molecule has 0 heterocycles. The van der Waals surface area contributed by atoms with E-state index in [0.29, 0.717) is 10.6 Å². The number of aliphatic hydroxyl groups is 1. The second kappa shape index (κ2) is 4.07. The summed E-state index contributed by atoms with van der Waals surface area (Å²) in [7, 11) is 0. The SMILES string of the molecule is [CH2]C(c1cc(F)ccc1Cl)C(C)O. The Bertz CT molecular complexity index is 299. The van der Waals surface area contributed by atoms with E-state index in [4.69, 9.17) is 11.6 Å². The lowest BCUT2D eigenvalue weighted by Crippen LogP contribution is -2.11. The highest BCUT2D eigenvalue weighted by Gasteiger charge is 2.15. The van der Waals surface area contributed by atoms with Gasteiger partial charge in [0, 0.05) is 10.9 Å². The molecule has 0 aliphatic carbocycles. The van der Waals surface area contributed by atoms with Crippen LogP contribution < -0.4 is 0 Å². The fraction of sp³-hybridized carbons (Fsp3) is 0.300. The van der Waals surface area contributed by atoms with Crippen molar-refractivity contribution in [3.05, 3.63) is 41.5 Å². The zero-order chi connectivity index (χ0) is 10.0. The molecule has 1 radical (unpaired) electrons. The molecule has 0 fully saturated rings. The monoisotopic (exact) mass is 201 g/mol. The van der Waals surface area contributed by atoms with Crippen LogP contribution in [0, 0.1) is 12.7 Å². The summed E-state index contributed by atoms with van der Waals surface area (Å²) >= 11 is 5.82. The molecular formula is C10H11ClFO. The van der Waals surface area contributed by atoms with Crippen molar-refractivity contribution in [2.45, 2.75) is 18.9 Å². The summed E-state index contributed by atoms with van der Waals surface area (Å²) in [5, 5.41) is 9.68. The van der Waals surface area contributed by atoms with E-state index in [-0.39, 0.29) is 5.82 Å². The van der Waals surface area contributed by atoms with Gasteiger partial charge in [-0.25, -0.2) is 4.39 Å². The second-order valence-electron chi connectivity index (χ2n) is 3.01. The van der Waals surface area contributed by atoms with Gasteiger partial charge < -0.3 is 5.11 Å². The first-order valence-corrected chi connectivity index (χ1v) is 4.36. The van der Waals surface area contributed by atoms with Crippen LogP contribution in [0.15, 0.2) is 18.2 Å². The minimum atomic E-state index is -0.640. The third kappa shape index (κ3) is 2.42. The Morgan fingerprint density at radius 3 is 2.69 bits per heavy atom. The molecule has 2 atom stereocenters. The Hall–Kier alpha value is -0.600. The van der Waals surface area contributed by atoms with Gasteiger partial charge in [0.2, 0.25) is 0 Å². The predicted molar refractivity (Wildman–Crippen MR) is 51.2 cm³/mol. The van der Waals surface area contributed by atoms with Crippen molar-refractivity contribution in [2.24, 2.45) is 0 Å². The first kappa shape index (κ1) is 10.5. The number of hydrogen-bond donors (Lipinski definition) is 1. The topological polar surface area (TPSA) is 20.2 Å². The minimum Gasteiger partial charge on any atom is -0.393 e. The number of benzene rings is 1. The maximum atomic E-state index is 12.8. The molecule has 1 rings (SSSR count). The Balaban J connectivity index is 3.05. The lowest BCUT2D eigenvalue weighted by atomic mass is 9.96. The molecule has 0 aromatic heterocycles. The van der Waals surface area contributed by atoms with Crippen LogP contribution in [-0.2, 0) is 0 Å². The van der Waals surface area contributed by atoms with E-state index >= 15 is 0 Å². The van der Waals surface area contributed by atoms with Crippen LogP contribution in [0.1, 0.15) is 18.4 Å². The summed E-state index contributed by atoms with van der Waals surface area (Å²) in [6.45, 7) is 5.30. The van der Waals surface area contributed by atoms with E-state index < -0.39 is 12.0 Å². The van der Waals surface area contributed by atoms with Crippen molar-refractivity contribution in [2.75, 3.05) is 0 Å². The maximum Gasteiger partial charge on any atom is 0.123 e. The average Bonchev–Trinajstić information content (AvgIpc) is 2.08. The van der Waals surface area contributed by atoms with Crippen molar-refractivity contribution in [3.63, 3.8) is 0 Å². The van der Waals surface area contributed by atoms with Crippen molar-refractivity contribution in [1.82, 2.24) is 0 Å². The van der Waals surface area contributed by atoms with Crippen LogP contribution in [-0.4, -0.2) is 11.2 Å². The molecule has 1 N–H and O–H groups in total. The first-order valence-electron chi connectivity index (χ1n) is 3.98. The van der Waals surface area contributed by atoms with Crippen molar-refractivity contribution < 1.29 is 9.50 Å². The quantitative estimate of drug-likeness (QED) is 0.780. The Morgan fingerprint density at radius 1 is 1.54 bits per heavy atom. The van der Waals surface area contributed by atoms with Crippen LogP contribution in [0.25, 0.3) is 0 Å². The summed E-state index contributed by atoms with van der Waals surface area (Å²) in [6.07, 6.45) is -0.640. The molecule has 0 amide bonds. The number of rotatable bonds is 2. The summed E-state index contributed by atoms with van der Waals surface area (Å²) in [6, 6.07) is 4.04. The smallest absolute Gasteiger partial charge is 0.123 e. The lowest BCUT2D eigenvalue weighted by Gasteiger charge is -2.16. The summed E-state index contributed by atoms with van der Waals surface area (Å²) in [5.41, 5.74) is 0.539. The van der Waals surface area contributed by atoms with Crippen LogP contribution in [0.5, 0.6) is 0 Å².